The van der Waals surface area contributed by atoms with Gasteiger partial charge in [-0.15, -0.1) is 0 Å². The normalized spacial score (nSPS) is 14.2. The van der Waals surface area contributed by atoms with E-state index in [9.17, 15) is 23.4 Å². The molecule has 3 nitrogen and oxygen atoms in total. The maximum absolute atomic E-state index is 12.7. The highest BCUT2D eigenvalue weighted by Gasteiger charge is 2.31. The van der Waals surface area contributed by atoms with Crippen molar-refractivity contribution in [3.63, 3.8) is 0 Å². The van der Waals surface area contributed by atoms with Crippen molar-refractivity contribution in [1.29, 1.82) is 0 Å². The first kappa shape index (κ1) is 18.3. The van der Waals surface area contributed by atoms with Gasteiger partial charge in [0.1, 0.15) is 5.75 Å². The molecule has 0 bridgehead atoms. The first-order chi connectivity index (χ1) is 11.4. The summed E-state index contributed by atoms with van der Waals surface area (Å²) in [6, 6.07) is 11.7. The standard InChI is InChI=1S/C18H19F3O3/c1-24-15-8-4-13(5-9-15)17(11-23)16(10-22)12-2-6-14(7-3-12)18(19,20)21/h2-9,16-17,22-23H,10-11H2,1H3/t16-,17-/m0/s1. The topological polar surface area (TPSA) is 49.7 Å². The molecule has 24 heavy (non-hydrogen) atoms. The largest absolute Gasteiger partial charge is 0.497 e. The van der Waals surface area contributed by atoms with E-state index in [1.165, 1.54) is 19.2 Å². The molecule has 0 aliphatic carbocycles. The van der Waals surface area contributed by atoms with Crippen LogP contribution in [0.3, 0.4) is 0 Å². The van der Waals surface area contributed by atoms with Crippen LogP contribution in [0.25, 0.3) is 0 Å². The quantitative estimate of drug-likeness (QED) is 0.845. The fourth-order valence-corrected chi connectivity index (χ4v) is 2.70. The Morgan fingerprint density at radius 1 is 0.833 bits per heavy atom. The molecule has 0 unspecified atom stereocenters. The number of aliphatic hydroxyl groups excluding tert-OH is 2. The van der Waals surface area contributed by atoms with Crippen LogP contribution >= 0.6 is 0 Å². The molecule has 0 aliphatic rings. The van der Waals surface area contributed by atoms with E-state index in [1.807, 2.05) is 0 Å². The van der Waals surface area contributed by atoms with Gasteiger partial charge in [-0.2, -0.15) is 13.2 Å². The van der Waals surface area contributed by atoms with Crippen LogP contribution in [-0.4, -0.2) is 30.5 Å². The zero-order valence-corrected chi connectivity index (χ0v) is 13.1. The first-order valence-corrected chi connectivity index (χ1v) is 7.43. The molecule has 0 amide bonds. The molecule has 0 saturated carbocycles. The highest BCUT2D eigenvalue weighted by atomic mass is 19.4. The Bertz CT molecular complexity index is 636. The van der Waals surface area contributed by atoms with Crippen molar-refractivity contribution >= 4 is 0 Å². The molecule has 0 aliphatic heterocycles. The van der Waals surface area contributed by atoms with E-state index in [0.717, 1.165) is 17.7 Å². The van der Waals surface area contributed by atoms with Gasteiger partial charge < -0.3 is 14.9 Å². The second kappa shape index (κ2) is 7.68. The molecule has 130 valence electrons. The molecule has 0 radical (unpaired) electrons. The van der Waals surface area contributed by atoms with Gasteiger partial charge in [0.2, 0.25) is 0 Å². The minimum absolute atomic E-state index is 0.238. The third kappa shape index (κ3) is 4.07. The predicted octanol–water partition coefficient (Wildman–Crippen LogP) is 3.57. The van der Waals surface area contributed by atoms with Crippen molar-refractivity contribution in [3.8, 4) is 5.75 Å². The SMILES string of the molecule is COc1ccc([C@H](CO)[C@@H](CO)c2ccc(C(F)(F)F)cc2)cc1. The minimum atomic E-state index is -4.40. The van der Waals surface area contributed by atoms with Gasteiger partial charge in [0.25, 0.3) is 0 Å². The number of alkyl halides is 3. The molecule has 0 aromatic heterocycles. The smallest absolute Gasteiger partial charge is 0.416 e. The highest BCUT2D eigenvalue weighted by Crippen LogP contribution is 2.35. The average Bonchev–Trinajstić information content (AvgIpc) is 2.59. The highest BCUT2D eigenvalue weighted by molar-refractivity contribution is 5.34. The van der Waals surface area contributed by atoms with Crippen molar-refractivity contribution in [1.82, 2.24) is 0 Å². The van der Waals surface area contributed by atoms with Crippen LogP contribution in [0, 0.1) is 0 Å². The number of halogens is 3. The molecule has 6 heteroatoms. The number of methoxy groups -OCH3 is 1. The third-order valence-corrected chi connectivity index (χ3v) is 4.09. The molecule has 0 saturated heterocycles. The van der Waals surface area contributed by atoms with Crippen LogP contribution < -0.4 is 4.74 Å². The summed E-state index contributed by atoms with van der Waals surface area (Å²) in [5.74, 6) is -0.283. The molecule has 0 spiro atoms. The van der Waals surface area contributed by atoms with Crippen LogP contribution in [0.4, 0.5) is 13.2 Å². The Hall–Kier alpha value is -2.05. The van der Waals surface area contributed by atoms with Crippen molar-refractivity contribution < 1.29 is 28.1 Å². The van der Waals surface area contributed by atoms with E-state index in [0.29, 0.717) is 11.3 Å². The lowest BCUT2D eigenvalue weighted by atomic mass is 9.82. The number of hydrogen-bond acceptors (Lipinski definition) is 3. The van der Waals surface area contributed by atoms with Gasteiger partial charge in [-0.1, -0.05) is 24.3 Å². The van der Waals surface area contributed by atoms with Crippen molar-refractivity contribution in [2.75, 3.05) is 20.3 Å². The van der Waals surface area contributed by atoms with Gasteiger partial charge in [0.05, 0.1) is 25.9 Å². The molecule has 2 rings (SSSR count). The second-order valence-electron chi connectivity index (χ2n) is 5.47. The number of hydrogen-bond donors (Lipinski definition) is 2. The van der Waals surface area contributed by atoms with E-state index >= 15 is 0 Å². The van der Waals surface area contributed by atoms with E-state index in [4.69, 9.17) is 4.74 Å². The van der Waals surface area contributed by atoms with Crippen molar-refractivity contribution in [2.24, 2.45) is 0 Å². The monoisotopic (exact) mass is 340 g/mol. The lowest BCUT2D eigenvalue weighted by Gasteiger charge is -2.25. The van der Waals surface area contributed by atoms with Crippen LogP contribution in [0.1, 0.15) is 28.5 Å². The molecular weight excluding hydrogens is 321 g/mol. The van der Waals surface area contributed by atoms with Gasteiger partial charge in [-0.05, 0) is 35.4 Å². The van der Waals surface area contributed by atoms with Crippen LogP contribution in [0.2, 0.25) is 0 Å². The summed E-state index contributed by atoms with van der Waals surface area (Å²) in [6.45, 7) is -0.527. The zero-order chi connectivity index (χ0) is 17.7. The van der Waals surface area contributed by atoms with E-state index in [1.54, 1.807) is 24.3 Å². The van der Waals surface area contributed by atoms with Gasteiger partial charge in [0.15, 0.2) is 0 Å². The molecule has 0 fully saturated rings. The van der Waals surface area contributed by atoms with Gasteiger partial charge in [0, 0.05) is 11.8 Å². The molecule has 2 N–H and O–H groups in total. The summed E-state index contributed by atoms with van der Waals surface area (Å²) >= 11 is 0. The summed E-state index contributed by atoms with van der Waals surface area (Å²) in [6.07, 6.45) is -4.40. The number of benzene rings is 2. The maximum Gasteiger partial charge on any atom is 0.416 e. The van der Waals surface area contributed by atoms with Crippen LogP contribution in [-0.2, 0) is 6.18 Å². The van der Waals surface area contributed by atoms with E-state index in [2.05, 4.69) is 0 Å². The minimum Gasteiger partial charge on any atom is -0.497 e. The summed E-state index contributed by atoms with van der Waals surface area (Å²) in [5.41, 5.74) is 0.575. The van der Waals surface area contributed by atoms with Gasteiger partial charge in [-0.3, -0.25) is 0 Å². The van der Waals surface area contributed by atoms with Crippen LogP contribution in [0.5, 0.6) is 5.75 Å². The number of rotatable bonds is 6. The molecular formula is C18H19F3O3. The van der Waals surface area contributed by atoms with Crippen molar-refractivity contribution in [2.45, 2.75) is 18.0 Å². The Balaban J connectivity index is 2.30. The Labute approximate surface area is 138 Å². The van der Waals surface area contributed by atoms with Crippen LogP contribution in [0.15, 0.2) is 48.5 Å². The van der Waals surface area contributed by atoms with Gasteiger partial charge >= 0.3 is 6.18 Å². The van der Waals surface area contributed by atoms with Crippen molar-refractivity contribution in [3.05, 3.63) is 65.2 Å². The Kier molecular flexibility index (Phi) is 5.85. The fourth-order valence-electron chi connectivity index (χ4n) is 2.70. The molecule has 2 aromatic carbocycles. The summed E-state index contributed by atoms with van der Waals surface area (Å²) < 4.78 is 43.1. The second-order valence-corrected chi connectivity index (χ2v) is 5.47. The molecule has 0 heterocycles. The first-order valence-electron chi connectivity index (χ1n) is 7.43. The maximum atomic E-state index is 12.7. The Morgan fingerprint density at radius 3 is 1.58 bits per heavy atom. The molecule has 2 aromatic rings. The lowest BCUT2D eigenvalue weighted by molar-refractivity contribution is -0.137. The van der Waals surface area contributed by atoms with E-state index in [-0.39, 0.29) is 13.2 Å². The summed E-state index contributed by atoms with van der Waals surface area (Å²) in [5, 5.41) is 19.4. The lowest BCUT2D eigenvalue weighted by Crippen LogP contribution is -2.19. The summed E-state index contributed by atoms with van der Waals surface area (Å²) in [4.78, 5) is 0. The predicted molar refractivity (Wildman–Crippen MR) is 84.1 cm³/mol. The average molecular weight is 340 g/mol. The fraction of sp³-hybridized carbons (Fsp3) is 0.333. The zero-order valence-electron chi connectivity index (χ0n) is 13.1. The number of aliphatic hydroxyl groups is 2. The summed E-state index contributed by atoms with van der Waals surface area (Å²) in [7, 11) is 1.54. The molecule has 2 atom stereocenters. The van der Waals surface area contributed by atoms with Gasteiger partial charge in [-0.25, -0.2) is 0 Å². The Morgan fingerprint density at radius 2 is 1.25 bits per heavy atom. The third-order valence-electron chi connectivity index (χ3n) is 4.09. The number of ether oxygens (including phenoxy) is 1. The van der Waals surface area contributed by atoms with E-state index < -0.39 is 23.6 Å².